The molecule has 0 amide bonds. The summed E-state index contributed by atoms with van der Waals surface area (Å²) in [6.45, 7) is 2.99. The summed E-state index contributed by atoms with van der Waals surface area (Å²) in [6.07, 6.45) is 3.84. The van der Waals surface area contributed by atoms with E-state index in [-0.39, 0.29) is 20.1 Å². The molecule has 1 heterocycles. The molecule has 1 rings (SSSR count). The van der Waals surface area contributed by atoms with Gasteiger partial charge >= 0.3 is 68.2 Å². The van der Waals surface area contributed by atoms with Crippen LogP contribution in [-0.2, 0) is 6.54 Å². The van der Waals surface area contributed by atoms with Gasteiger partial charge in [-0.15, -0.1) is 0 Å². The third kappa shape index (κ3) is 1.82. The van der Waals surface area contributed by atoms with Crippen LogP contribution in [0.5, 0.6) is 0 Å². The van der Waals surface area contributed by atoms with E-state index in [0.717, 1.165) is 6.54 Å². The Morgan fingerprint density at radius 1 is 1.89 bits per heavy atom. The Hall–Kier alpha value is 0.230. The van der Waals surface area contributed by atoms with Gasteiger partial charge in [0.25, 0.3) is 0 Å². The molecular formula is C5H7ClIN2-. The molecule has 0 aliphatic heterocycles. The van der Waals surface area contributed by atoms with E-state index in [9.17, 15) is 0 Å². The zero-order valence-corrected chi connectivity index (χ0v) is 7.93. The minimum absolute atomic E-state index is 0.287. The van der Waals surface area contributed by atoms with Crippen molar-refractivity contribution < 1.29 is 20.1 Å². The first-order valence-electron chi connectivity index (χ1n) is 2.65. The Kier molecular flexibility index (Phi) is 2.78. The summed E-state index contributed by atoms with van der Waals surface area (Å²) in [6, 6.07) is 0. The topological polar surface area (TPSA) is 17.8 Å². The number of aryl methyl sites for hydroxylation is 1. The van der Waals surface area contributed by atoms with Gasteiger partial charge < -0.3 is 0 Å². The Morgan fingerprint density at radius 2 is 2.67 bits per heavy atom. The molecule has 0 unspecified atom stereocenters. The summed E-state index contributed by atoms with van der Waals surface area (Å²) >= 11 is -0.287. The maximum absolute atomic E-state index is 5.65. The predicted molar refractivity (Wildman–Crippen MR) is 32.5 cm³/mol. The van der Waals surface area contributed by atoms with E-state index in [1.807, 2.05) is 17.1 Å². The molecule has 4 heteroatoms. The van der Waals surface area contributed by atoms with E-state index in [1.54, 1.807) is 0 Å². The molecule has 2 nitrogen and oxygen atoms in total. The first kappa shape index (κ1) is 7.34. The average molecular weight is 257 g/mol. The molecule has 0 aliphatic carbocycles. The number of nitrogens with zero attached hydrogens (tertiary/aromatic N) is 2. The van der Waals surface area contributed by atoms with Gasteiger partial charge in [0.2, 0.25) is 0 Å². The van der Waals surface area contributed by atoms with Crippen LogP contribution in [0.15, 0.2) is 12.4 Å². The summed E-state index contributed by atoms with van der Waals surface area (Å²) in [5.74, 6) is 0. The van der Waals surface area contributed by atoms with Gasteiger partial charge in [0.05, 0.1) is 0 Å². The van der Waals surface area contributed by atoms with Gasteiger partial charge in [-0.2, -0.15) is 0 Å². The van der Waals surface area contributed by atoms with Crippen molar-refractivity contribution in [2.75, 3.05) is 0 Å². The summed E-state index contributed by atoms with van der Waals surface area (Å²) in [4.78, 5) is 0. The molecular weight excluding hydrogens is 250 g/mol. The molecule has 0 aromatic carbocycles. The molecule has 0 saturated carbocycles. The first-order chi connectivity index (χ1) is 4.36. The minimum atomic E-state index is -0.287. The van der Waals surface area contributed by atoms with Crippen molar-refractivity contribution in [3.05, 3.63) is 16.0 Å². The van der Waals surface area contributed by atoms with Crippen LogP contribution in [0.4, 0.5) is 0 Å². The van der Waals surface area contributed by atoms with Crippen LogP contribution in [-0.4, -0.2) is 9.78 Å². The maximum atomic E-state index is 5.65. The van der Waals surface area contributed by atoms with Crippen LogP contribution in [0.25, 0.3) is 0 Å². The van der Waals surface area contributed by atoms with Crippen molar-refractivity contribution in [2.24, 2.45) is 0 Å². The van der Waals surface area contributed by atoms with Crippen molar-refractivity contribution in [3.8, 4) is 0 Å². The quantitative estimate of drug-likeness (QED) is 0.579. The van der Waals surface area contributed by atoms with Crippen molar-refractivity contribution in [1.82, 2.24) is 9.78 Å². The standard InChI is InChI=1S/C5H7ClIN2/c1-2-9-4-5(7-6)3-8-9/h3-4H,2H2,1H3/q-1. The van der Waals surface area contributed by atoms with Crippen molar-refractivity contribution in [2.45, 2.75) is 13.5 Å². The van der Waals surface area contributed by atoms with Gasteiger partial charge in [0.15, 0.2) is 0 Å². The predicted octanol–water partition coefficient (Wildman–Crippen LogP) is -1.68. The second-order valence-corrected chi connectivity index (χ2v) is 4.20. The third-order valence-electron chi connectivity index (χ3n) is 1.01. The van der Waals surface area contributed by atoms with E-state index >= 15 is 0 Å². The average Bonchev–Trinajstić information content (AvgIpc) is 2.34. The number of rotatable bonds is 2. The molecule has 0 atom stereocenters. The van der Waals surface area contributed by atoms with Crippen LogP contribution >= 0.6 is 8.91 Å². The molecule has 0 bridgehead atoms. The number of aromatic nitrogens is 2. The Morgan fingerprint density at radius 3 is 3.00 bits per heavy atom. The van der Waals surface area contributed by atoms with E-state index in [4.69, 9.17) is 8.91 Å². The Bertz CT molecular complexity index is 168. The monoisotopic (exact) mass is 257 g/mol. The van der Waals surface area contributed by atoms with E-state index in [1.165, 1.54) is 3.57 Å². The zero-order chi connectivity index (χ0) is 6.69. The van der Waals surface area contributed by atoms with Crippen LogP contribution in [0, 0.1) is 3.57 Å². The van der Waals surface area contributed by atoms with Crippen LogP contribution in [0.2, 0.25) is 0 Å². The van der Waals surface area contributed by atoms with E-state index < -0.39 is 0 Å². The molecule has 1 aromatic rings. The van der Waals surface area contributed by atoms with Crippen LogP contribution in [0.3, 0.4) is 0 Å². The van der Waals surface area contributed by atoms with Gasteiger partial charge in [-0.25, -0.2) is 0 Å². The van der Waals surface area contributed by atoms with Crippen molar-refractivity contribution in [1.29, 1.82) is 0 Å². The Labute approximate surface area is 68.2 Å². The number of halogens is 2. The summed E-state index contributed by atoms with van der Waals surface area (Å²) < 4.78 is 3.08. The second kappa shape index (κ2) is 3.41. The fraction of sp³-hybridized carbons (Fsp3) is 0.400. The van der Waals surface area contributed by atoms with Crippen molar-refractivity contribution >= 4 is 8.91 Å². The molecule has 52 valence electrons. The third-order valence-corrected chi connectivity index (χ3v) is 3.14. The van der Waals surface area contributed by atoms with E-state index in [2.05, 4.69) is 12.0 Å². The van der Waals surface area contributed by atoms with Crippen LogP contribution in [0.1, 0.15) is 6.92 Å². The van der Waals surface area contributed by atoms with Gasteiger partial charge in [0.1, 0.15) is 0 Å². The van der Waals surface area contributed by atoms with Crippen LogP contribution < -0.4 is 20.1 Å². The molecule has 0 fully saturated rings. The van der Waals surface area contributed by atoms with Gasteiger partial charge in [0, 0.05) is 0 Å². The fourth-order valence-electron chi connectivity index (χ4n) is 0.548. The van der Waals surface area contributed by atoms with Crippen molar-refractivity contribution in [3.63, 3.8) is 0 Å². The van der Waals surface area contributed by atoms with Gasteiger partial charge in [-0.05, 0) is 0 Å². The first-order valence-corrected chi connectivity index (χ1v) is 6.46. The molecule has 0 spiro atoms. The SMILES string of the molecule is CCn1cc([I-]Cl)cn1. The molecule has 0 aliphatic rings. The number of hydrogen-bond donors (Lipinski definition) is 0. The molecule has 0 saturated heterocycles. The molecule has 0 radical (unpaired) electrons. The van der Waals surface area contributed by atoms with Gasteiger partial charge in [-0.3, -0.25) is 0 Å². The zero-order valence-electron chi connectivity index (χ0n) is 5.01. The second-order valence-electron chi connectivity index (χ2n) is 1.59. The number of hydrogen-bond acceptors (Lipinski definition) is 1. The molecule has 1 aromatic heterocycles. The summed E-state index contributed by atoms with van der Waals surface area (Å²) in [5, 5.41) is 4.07. The molecule has 9 heavy (non-hydrogen) atoms. The summed E-state index contributed by atoms with van der Waals surface area (Å²) in [5.41, 5.74) is 0. The normalized spacial score (nSPS) is 10.4. The Balaban J connectivity index is 2.74. The molecule has 0 N–H and O–H groups in total. The van der Waals surface area contributed by atoms with E-state index in [0.29, 0.717) is 0 Å². The summed E-state index contributed by atoms with van der Waals surface area (Å²) in [7, 11) is 5.65. The fourth-order valence-corrected chi connectivity index (χ4v) is 1.70. The van der Waals surface area contributed by atoms with Gasteiger partial charge in [-0.1, -0.05) is 0 Å².